The molecule has 1 fully saturated rings. The number of sulfonamides is 1. The fourth-order valence-corrected chi connectivity index (χ4v) is 3.83. The summed E-state index contributed by atoms with van der Waals surface area (Å²) in [5.74, 6) is 0.230. The van der Waals surface area contributed by atoms with Crippen molar-refractivity contribution in [3.63, 3.8) is 0 Å². The van der Waals surface area contributed by atoms with Gasteiger partial charge in [0, 0.05) is 12.6 Å². The normalized spacial score (nSPS) is 20.2. The molecule has 1 aliphatic heterocycles. The zero-order chi connectivity index (χ0) is 13.6. The molecule has 1 unspecified atom stereocenters. The van der Waals surface area contributed by atoms with Crippen molar-refractivity contribution in [1.29, 1.82) is 0 Å². The van der Waals surface area contributed by atoms with E-state index in [0.717, 1.165) is 13.1 Å². The van der Waals surface area contributed by atoms with E-state index in [0.29, 0.717) is 26.1 Å². The van der Waals surface area contributed by atoms with E-state index in [1.807, 2.05) is 20.8 Å². The minimum absolute atomic E-state index is 0.134. The Morgan fingerprint density at radius 1 is 1.33 bits per heavy atom. The van der Waals surface area contributed by atoms with Gasteiger partial charge in [-0.3, -0.25) is 0 Å². The van der Waals surface area contributed by atoms with Crippen LogP contribution in [-0.4, -0.2) is 46.0 Å². The van der Waals surface area contributed by atoms with Crippen LogP contribution < -0.4 is 10.0 Å². The van der Waals surface area contributed by atoms with Gasteiger partial charge in [-0.2, -0.15) is 0 Å². The average molecular weight is 278 g/mol. The number of piperidine rings is 1. The molecule has 0 aromatic heterocycles. The predicted molar refractivity (Wildman–Crippen MR) is 73.1 cm³/mol. The second kappa shape index (κ2) is 7.43. The largest absolute Gasteiger partial charge is 0.380 e. The molecule has 0 bridgehead atoms. The molecule has 0 aromatic carbocycles. The van der Waals surface area contributed by atoms with Gasteiger partial charge in [-0.1, -0.05) is 13.8 Å². The third-order valence-electron chi connectivity index (χ3n) is 3.35. The Balaban J connectivity index is 2.59. The lowest BCUT2D eigenvalue weighted by Crippen LogP contribution is -2.48. The maximum Gasteiger partial charge on any atom is 0.214 e. The molecule has 5 nitrogen and oxygen atoms in total. The van der Waals surface area contributed by atoms with Crippen LogP contribution in [0.3, 0.4) is 0 Å². The van der Waals surface area contributed by atoms with E-state index in [1.54, 1.807) is 0 Å². The maximum absolute atomic E-state index is 12.3. The van der Waals surface area contributed by atoms with Crippen LogP contribution in [0.4, 0.5) is 0 Å². The minimum atomic E-state index is -3.23. The first-order valence-corrected chi connectivity index (χ1v) is 8.31. The lowest BCUT2D eigenvalue weighted by Gasteiger charge is -2.27. The van der Waals surface area contributed by atoms with Crippen LogP contribution >= 0.6 is 0 Å². The molecule has 1 heterocycles. The van der Waals surface area contributed by atoms with Crippen LogP contribution in [0, 0.1) is 5.92 Å². The molecule has 1 aliphatic rings. The Morgan fingerprint density at radius 2 is 1.94 bits per heavy atom. The van der Waals surface area contributed by atoms with E-state index in [-0.39, 0.29) is 17.2 Å². The van der Waals surface area contributed by atoms with Crippen molar-refractivity contribution < 1.29 is 13.2 Å². The summed E-state index contributed by atoms with van der Waals surface area (Å²) in [5, 5.41) is 2.92. The second-order valence-electron chi connectivity index (χ2n) is 5.12. The summed E-state index contributed by atoms with van der Waals surface area (Å²) >= 11 is 0. The fourth-order valence-electron chi connectivity index (χ4n) is 2.02. The number of ether oxygens (including phenoxy) is 1. The van der Waals surface area contributed by atoms with Crippen molar-refractivity contribution in [2.75, 3.05) is 26.3 Å². The smallest absolute Gasteiger partial charge is 0.214 e. The van der Waals surface area contributed by atoms with Gasteiger partial charge in [0.15, 0.2) is 0 Å². The van der Waals surface area contributed by atoms with Crippen molar-refractivity contribution in [2.45, 2.75) is 44.9 Å². The van der Waals surface area contributed by atoms with E-state index >= 15 is 0 Å². The molecule has 0 spiro atoms. The molecular formula is C12H26N2O3S. The lowest BCUT2D eigenvalue weighted by atomic mass is 10.1. The molecule has 0 amide bonds. The molecule has 108 valence electrons. The second-order valence-corrected chi connectivity index (χ2v) is 7.11. The van der Waals surface area contributed by atoms with E-state index in [4.69, 9.17) is 4.74 Å². The molecule has 1 atom stereocenters. The molecule has 0 aliphatic carbocycles. The molecule has 0 aromatic rings. The van der Waals surface area contributed by atoms with E-state index in [1.165, 1.54) is 0 Å². The summed E-state index contributed by atoms with van der Waals surface area (Å²) < 4.78 is 32.7. The summed E-state index contributed by atoms with van der Waals surface area (Å²) in [7, 11) is -3.23. The zero-order valence-electron chi connectivity index (χ0n) is 11.6. The number of nitrogens with one attached hydrogen (secondary N) is 2. The minimum Gasteiger partial charge on any atom is -0.380 e. The number of rotatable bonds is 7. The van der Waals surface area contributed by atoms with Crippen molar-refractivity contribution >= 4 is 10.0 Å². The van der Waals surface area contributed by atoms with Gasteiger partial charge in [-0.25, -0.2) is 13.1 Å². The predicted octanol–water partition coefficient (Wildman–Crippen LogP) is 0.719. The van der Waals surface area contributed by atoms with E-state index in [9.17, 15) is 8.42 Å². The van der Waals surface area contributed by atoms with Gasteiger partial charge in [-0.05, 0) is 38.8 Å². The third kappa shape index (κ3) is 4.84. The zero-order valence-corrected chi connectivity index (χ0v) is 12.4. The summed E-state index contributed by atoms with van der Waals surface area (Å²) in [6.45, 7) is 8.55. The standard InChI is InChI=1S/C12H26N2O3S/c1-4-17-9-12(10(2)3)14-18(15,16)11-5-7-13-8-6-11/h10-14H,4-9H2,1-3H3. The highest BCUT2D eigenvalue weighted by Crippen LogP contribution is 2.14. The summed E-state index contributed by atoms with van der Waals surface area (Å²) in [4.78, 5) is 0. The monoisotopic (exact) mass is 278 g/mol. The van der Waals surface area contributed by atoms with Crippen LogP contribution in [-0.2, 0) is 14.8 Å². The van der Waals surface area contributed by atoms with Crippen LogP contribution in [0.15, 0.2) is 0 Å². The Bertz CT molecular complexity index is 324. The fraction of sp³-hybridized carbons (Fsp3) is 1.00. The molecule has 18 heavy (non-hydrogen) atoms. The Hall–Kier alpha value is -0.170. The highest BCUT2D eigenvalue weighted by Gasteiger charge is 2.30. The van der Waals surface area contributed by atoms with E-state index in [2.05, 4.69) is 10.0 Å². The molecular weight excluding hydrogens is 252 g/mol. The highest BCUT2D eigenvalue weighted by molar-refractivity contribution is 7.90. The van der Waals surface area contributed by atoms with Crippen molar-refractivity contribution in [3.8, 4) is 0 Å². The van der Waals surface area contributed by atoms with Crippen molar-refractivity contribution in [2.24, 2.45) is 5.92 Å². The van der Waals surface area contributed by atoms with E-state index < -0.39 is 10.0 Å². The van der Waals surface area contributed by atoms with Gasteiger partial charge in [0.1, 0.15) is 0 Å². The summed E-state index contributed by atoms with van der Waals surface area (Å²) in [6.07, 6.45) is 1.38. The van der Waals surface area contributed by atoms with Gasteiger partial charge in [0.05, 0.1) is 11.9 Å². The maximum atomic E-state index is 12.3. The summed E-state index contributed by atoms with van der Waals surface area (Å²) in [5.41, 5.74) is 0. The SMILES string of the molecule is CCOCC(NS(=O)(=O)C1CCNCC1)C(C)C. The number of hydrogen-bond acceptors (Lipinski definition) is 4. The quantitative estimate of drug-likeness (QED) is 0.720. The van der Waals surface area contributed by atoms with Gasteiger partial charge < -0.3 is 10.1 Å². The van der Waals surface area contributed by atoms with Crippen LogP contribution in [0.5, 0.6) is 0 Å². The van der Waals surface area contributed by atoms with Crippen LogP contribution in [0.1, 0.15) is 33.6 Å². The van der Waals surface area contributed by atoms with Crippen LogP contribution in [0.25, 0.3) is 0 Å². The third-order valence-corrected chi connectivity index (χ3v) is 5.33. The molecule has 6 heteroatoms. The molecule has 0 radical (unpaired) electrons. The van der Waals surface area contributed by atoms with Gasteiger partial charge in [0.25, 0.3) is 0 Å². The first-order chi connectivity index (χ1) is 8.47. The van der Waals surface area contributed by atoms with Gasteiger partial charge in [-0.15, -0.1) is 0 Å². The first-order valence-electron chi connectivity index (χ1n) is 6.77. The highest BCUT2D eigenvalue weighted by atomic mass is 32.2. The Kier molecular flexibility index (Phi) is 6.55. The number of hydrogen-bond donors (Lipinski definition) is 2. The summed E-state index contributed by atoms with van der Waals surface area (Å²) in [6, 6.07) is -0.134. The van der Waals surface area contributed by atoms with Gasteiger partial charge in [0.2, 0.25) is 10.0 Å². The average Bonchev–Trinajstić information content (AvgIpc) is 2.35. The molecule has 2 N–H and O–H groups in total. The molecule has 1 rings (SSSR count). The Labute approximate surface area is 111 Å². The van der Waals surface area contributed by atoms with Crippen molar-refractivity contribution in [3.05, 3.63) is 0 Å². The topological polar surface area (TPSA) is 67.4 Å². The first kappa shape index (κ1) is 15.9. The molecule has 1 saturated heterocycles. The Morgan fingerprint density at radius 3 is 2.44 bits per heavy atom. The lowest BCUT2D eigenvalue weighted by molar-refractivity contribution is 0.116. The van der Waals surface area contributed by atoms with Gasteiger partial charge >= 0.3 is 0 Å². The molecule has 0 saturated carbocycles. The van der Waals surface area contributed by atoms with Crippen molar-refractivity contribution in [1.82, 2.24) is 10.0 Å². The van der Waals surface area contributed by atoms with Crippen LogP contribution in [0.2, 0.25) is 0 Å².